The van der Waals surface area contributed by atoms with Crippen molar-refractivity contribution in [1.82, 2.24) is 14.7 Å². The molecule has 1 N–H and O–H groups in total. The van der Waals surface area contributed by atoms with Crippen LogP contribution in [-0.2, 0) is 14.3 Å². The maximum absolute atomic E-state index is 12.9. The van der Waals surface area contributed by atoms with Crippen LogP contribution in [0.3, 0.4) is 0 Å². The smallest absolute Gasteiger partial charge is 0.254 e. The van der Waals surface area contributed by atoms with Crippen molar-refractivity contribution in [3.05, 3.63) is 23.8 Å². The Morgan fingerprint density at radius 3 is 2.52 bits per heavy atom. The van der Waals surface area contributed by atoms with E-state index in [1.165, 1.54) is 0 Å². The standard InChI is InChI=1S/C20H26N4O4S/c25-18-3-12-29-17-2-1-15(13-16(17)21-18)20(27)24-6-4-23(5-7-24)19(26)14-22-8-10-28-11-9-22/h1-2,13H,3-12,14H2,(H,21,25). The van der Waals surface area contributed by atoms with E-state index in [1.807, 2.05) is 17.0 Å². The molecule has 0 aromatic heterocycles. The molecule has 3 aliphatic heterocycles. The summed E-state index contributed by atoms with van der Waals surface area (Å²) in [6.07, 6.45) is 0.475. The number of nitrogens with zero attached hydrogens (tertiary/aromatic N) is 3. The number of amides is 3. The molecule has 0 bridgehead atoms. The SMILES string of the molecule is O=C1CCSc2ccc(C(=O)N3CCN(C(=O)CN4CCOCC4)CC3)cc2N1. The zero-order valence-electron chi connectivity index (χ0n) is 16.4. The second-order valence-electron chi connectivity index (χ2n) is 7.42. The minimum Gasteiger partial charge on any atom is -0.379 e. The Morgan fingerprint density at radius 1 is 1.03 bits per heavy atom. The lowest BCUT2D eigenvalue weighted by Gasteiger charge is -2.36. The molecular formula is C20H26N4O4S. The van der Waals surface area contributed by atoms with Gasteiger partial charge in [-0.15, -0.1) is 11.8 Å². The Morgan fingerprint density at radius 2 is 1.76 bits per heavy atom. The number of thioether (sulfide) groups is 1. The van der Waals surface area contributed by atoms with Crippen LogP contribution in [0.5, 0.6) is 0 Å². The van der Waals surface area contributed by atoms with E-state index < -0.39 is 0 Å². The summed E-state index contributed by atoms with van der Waals surface area (Å²) in [5.41, 5.74) is 1.28. The number of ether oxygens (including phenoxy) is 1. The quantitative estimate of drug-likeness (QED) is 0.780. The number of rotatable bonds is 3. The first-order valence-electron chi connectivity index (χ1n) is 10.0. The highest BCUT2D eigenvalue weighted by atomic mass is 32.2. The van der Waals surface area contributed by atoms with Gasteiger partial charge in [0, 0.05) is 61.9 Å². The van der Waals surface area contributed by atoms with Crippen LogP contribution in [-0.4, -0.2) is 97.2 Å². The van der Waals surface area contributed by atoms with Crippen LogP contribution in [0.25, 0.3) is 0 Å². The van der Waals surface area contributed by atoms with Gasteiger partial charge in [-0.1, -0.05) is 0 Å². The maximum Gasteiger partial charge on any atom is 0.254 e. The van der Waals surface area contributed by atoms with Crippen molar-refractivity contribution >= 4 is 35.2 Å². The van der Waals surface area contributed by atoms with E-state index in [0.29, 0.717) is 63.6 Å². The van der Waals surface area contributed by atoms with Crippen LogP contribution in [0, 0.1) is 0 Å². The van der Waals surface area contributed by atoms with Crippen LogP contribution in [0.2, 0.25) is 0 Å². The number of morpholine rings is 1. The monoisotopic (exact) mass is 418 g/mol. The van der Waals surface area contributed by atoms with Crippen molar-refractivity contribution in [2.24, 2.45) is 0 Å². The average molecular weight is 419 g/mol. The van der Waals surface area contributed by atoms with Crippen LogP contribution >= 0.6 is 11.8 Å². The molecule has 0 unspecified atom stereocenters. The van der Waals surface area contributed by atoms with E-state index in [1.54, 1.807) is 22.7 Å². The molecule has 2 saturated heterocycles. The van der Waals surface area contributed by atoms with E-state index >= 15 is 0 Å². The molecule has 3 aliphatic rings. The van der Waals surface area contributed by atoms with Gasteiger partial charge in [-0.3, -0.25) is 19.3 Å². The zero-order chi connectivity index (χ0) is 20.2. The lowest BCUT2D eigenvalue weighted by Crippen LogP contribution is -2.53. The number of benzene rings is 1. The van der Waals surface area contributed by atoms with E-state index in [4.69, 9.17) is 4.74 Å². The molecule has 1 aromatic rings. The van der Waals surface area contributed by atoms with E-state index in [0.717, 1.165) is 23.7 Å². The van der Waals surface area contributed by atoms with E-state index in [2.05, 4.69) is 10.2 Å². The van der Waals surface area contributed by atoms with Crippen LogP contribution in [0.4, 0.5) is 5.69 Å². The number of fused-ring (bicyclic) bond motifs is 1. The Kier molecular flexibility index (Phi) is 6.37. The van der Waals surface area contributed by atoms with Crippen molar-refractivity contribution < 1.29 is 19.1 Å². The molecular weight excluding hydrogens is 392 g/mol. The molecule has 2 fully saturated rings. The Hall–Kier alpha value is -2.10. The number of nitrogens with one attached hydrogen (secondary N) is 1. The van der Waals surface area contributed by atoms with Crippen LogP contribution < -0.4 is 5.32 Å². The van der Waals surface area contributed by atoms with Gasteiger partial charge in [-0.25, -0.2) is 0 Å². The van der Waals surface area contributed by atoms with E-state index in [-0.39, 0.29) is 17.7 Å². The van der Waals surface area contributed by atoms with Crippen molar-refractivity contribution in [2.75, 3.05) is 70.1 Å². The molecule has 9 heteroatoms. The summed E-state index contributed by atoms with van der Waals surface area (Å²) in [5, 5.41) is 2.88. The normalized spacial score (nSPS) is 20.6. The Labute approximate surface area is 174 Å². The molecule has 3 heterocycles. The lowest BCUT2D eigenvalue weighted by molar-refractivity contribution is -0.134. The minimum atomic E-state index is -0.0587. The van der Waals surface area contributed by atoms with Gasteiger partial charge in [0.05, 0.1) is 25.4 Å². The van der Waals surface area contributed by atoms with Gasteiger partial charge in [0.1, 0.15) is 0 Å². The molecule has 3 amide bonds. The summed E-state index contributed by atoms with van der Waals surface area (Å²) in [6.45, 7) is 5.48. The first-order valence-corrected chi connectivity index (χ1v) is 11.0. The highest BCUT2D eigenvalue weighted by molar-refractivity contribution is 7.99. The van der Waals surface area contributed by atoms with Gasteiger partial charge in [0.15, 0.2) is 0 Å². The summed E-state index contributed by atoms with van der Waals surface area (Å²) >= 11 is 1.62. The molecule has 4 rings (SSSR count). The third-order valence-corrected chi connectivity index (χ3v) is 6.54. The second-order valence-corrected chi connectivity index (χ2v) is 8.56. The zero-order valence-corrected chi connectivity index (χ0v) is 17.2. The molecule has 0 saturated carbocycles. The predicted molar refractivity (Wildman–Crippen MR) is 110 cm³/mol. The van der Waals surface area contributed by atoms with Crippen molar-refractivity contribution in [3.8, 4) is 0 Å². The highest BCUT2D eigenvalue weighted by Gasteiger charge is 2.27. The fourth-order valence-electron chi connectivity index (χ4n) is 3.75. The molecule has 1 aromatic carbocycles. The summed E-state index contributed by atoms with van der Waals surface area (Å²) < 4.78 is 5.32. The lowest BCUT2D eigenvalue weighted by atomic mass is 10.1. The number of anilines is 1. The average Bonchev–Trinajstić information content (AvgIpc) is 2.94. The fourth-order valence-corrected chi connectivity index (χ4v) is 4.68. The molecule has 8 nitrogen and oxygen atoms in total. The first kappa shape index (κ1) is 20.2. The molecule has 0 atom stereocenters. The summed E-state index contributed by atoms with van der Waals surface area (Å²) in [5.74, 6) is 0.778. The predicted octanol–water partition coefficient (Wildman–Crippen LogP) is 0.738. The molecule has 0 radical (unpaired) electrons. The first-order chi connectivity index (χ1) is 14.1. The van der Waals surface area contributed by atoms with Gasteiger partial charge in [-0.2, -0.15) is 0 Å². The fraction of sp³-hybridized carbons (Fsp3) is 0.550. The third kappa shape index (κ3) is 4.91. The molecule has 156 valence electrons. The third-order valence-electron chi connectivity index (χ3n) is 5.47. The molecule has 0 spiro atoms. The maximum atomic E-state index is 12.9. The van der Waals surface area contributed by atoms with E-state index in [9.17, 15) is 14.4 Å². The van der Waals surface area contributed by atoms with Crippen molar-refractivity contribution in [1.29, 1.82) is 0 Å². The number of piperazine rings is 1. The summed E-state index contributed by atoms with van der Waals surface area (Å²) in [7, 11) is 0. The van der Waals surface area contributed by atoms with Crippen molar-refractivity contribution in [3.63, 3.8) is 0 Å². The minimum absolute atomic E-state index is 0.0201. The van der Waals surface area contributed by atoms with Crippen molar-refractivity contribution in [2.45, 2.75) is 11.3 Å². The van der Waals surface area contributed by atoms with Gasteiger partial charge in [0.2, 0.25) is 11.8 Å². The van der Waals surface area contributed by atoms with Crippen LogP contribution in [0.15, 0.2) is 23.1 Å². The number of carbonyl (C=O) groups excluding carboxylic acids is 3. The Bertz CT molecular complexity index is 789. The number of hydrogen-bond acceptors (Lipinski definition) is 6. The van der Waals surface area contributed by atoms with Gasteiger partial charge >= 0.3 is 0 Å². The van der Waals surface area contributed by atoms with Crippen LogP contribution in [0.1, 0.15) is 16.8 Å². The largest absolute Gasteiger partial charge is 0.379 e. The Balaban J connectivity index is 1.33. The highest BCUT2D eigenvalue weighted by Crippen LogP contribution is 2.31. The van der Waals surface area contributed by atoms with Gasteiger partial charge < -0.3 is 19.9 Å². The second kappa shape index (κ2) is 9.15. The summed E-state index contributed by atoms with van der Waals surface area (Å²) in [6, 6.07) is 5.49. The number of hydrogen-bond donors (Lipinski definition) is 1. The molecule has 0 aliphatic carbocycles. The summed E-state index contributed by atoms with van der Waals surface area (Å²) in [4.78, 5) is 44.0. The number of carbonyl (C=O) groups is 3. The topological polar surface area (TPSA) is 82.2 Å². The van der Waals surface area contributed by atoms with Gasteiger partial charge in [0.25, 0.3) is 5.91 Å². The van der Waals surface area contributed by atoms with Gasteiger partial charge in [-0.05, 0) is 18.2 Å². The molecule has 29 heavy (non-hydrogen) atoms.